The molecular weight excluding hydrogens is 444 g/mol. The number of quaternary nitrogens is 1. The third-order valence-corrected chi connectivity index (χ3v) is 7.24. The summed E-state index contributed by atoms with van der Waals surface area (Å²) in [5, 5.41) is 5.58. The Morgan fingerprint density at radius 1 is 1.17 bits per heavy atom. The molecule has 184 valence electrons. The largest absolute Gasteiger partial charge is 0.493 e. The van der Waals surface area contributed by atoms with Crippen LogP contribution in [0.1, 0.15) is 41.3 Å². The third-order valence-electron chi connectivity index (χ3n) is 7.24. The number of nitrogens with one attached hydrogen (secondary N) is 2. The Bertz CT molecular complexity index is 1270. The number of aromatic nitrogens is 1. The van der Waals surface area contributed by atoms with Gasteiger partial charge in [0.2, 0.25) is 5.75 Å². The number of methoxy groups -OCH3 is 3. The zero-order valence-electron chi connectivity index (χ0n) is 20.8. The molecular formula is C27H33N4O4+. The topological polar surface area (TPSA) is 78.5 Å². The second kappa shape index (κ2) is 9.62. The Hall–Kier alpha value is -3.52. The van der Waals surface area contributed by atoms with E-state index in [1.165, 1.54) is 32.6 Å². The van der Waals surface area contributed by atoms with Crippen LogP contribution in [0, 0.1) is 6.92 Å². The van der Waals surface area contributed by atoms with Crippen molar-refractivity contribution in [2.75, 3.05) is 34.4 Å². The number of hydrogen-bond donors (Lipinski definition) is 2. The summed E-state index contributed by atoms with van der Waals surface area (Å²) < 4.78 is 18.6. The number of benzene rings is 2. The summed E-state index contributed by atoms with van der Waals surface area (Å²) in [7, 11) is 4.70. The van der Waals surface area contributed by atoms with Crippen LogP contribution in [0.4, 0.5) is 0 Å². The summed E-state index contributed by atoms with van der Waals surface area (Å²) in [5.41, 5.74) is 9.00. The highest BCUT2D eigenvalue weighted by Crippen LogP contribution is 2.38. The number of aryl methyl sites for hydroxylation is 2. The average molecular weight is 478 g/mol. The molecule has 3 aromatic rings. The molecule has 0 saturated carbocycles. The van der Waals surface area contributed by atoms with Gasteiger partial charge in [-0.25, -0.2) is 5.43 Å². The SMILES string of the molecule is COc1cc(C=NNC(=O)C[NH+]2CCn3c4c(c5cc(C)ccc53)CCC[C@@H]42)cc(OC)c1OC. The molecule has 1 unspecified atom stereocenters. The van der Waals surface area contributed by atoms with Gasteiger partial charge >= 0.3 is 0 Å². The molecule has 2 N–H and O–H groups in total. The fourth-order valence-electron chi connectivity index (χ4n) is 5.72. The van der Waals surface area contributed by atoms with Gasteiger partial charge in [0.1, 0.15) is 6.04 Å². The highest BCUT2D eigenvalue weighted by molar-refractivity contribution is 5.87. The first kappa shape index (κ1) is 23.2. The number of carbonyl (C=O) groups is 1. The van der Waals surface area contributed by atoms with E-state index in [4.69, 9.17) is 14.2 Å². The van der Waals surface area contributed by atoms with Gasteiger partial charge in [-0.05, 0) is 49.6 Å². The van der Waals surface area contributed by atoms with Gasteiger partial charge in [0, 0.05) is 22.9 Å². The van der Waals surface area contributed by atoms with Crippen molar-refractivity contribution in [2.24, 2.45) is 5.10 Å². The maximum Gasteiger partial charge on any atom is 0.295 e. The summed E-state index contributed by atoms with van der Waals surface area (Å²) in [6, 6.07) is 10.7. The van der Waals surface area contributed by atoms with Crippen molar-refractivity contribution in [1.29, 1.82) is 0 Å². The molecule has 1 amide bonds. The van der Waals surface area contributed by atoms with Gasteiger partial charge in [0.15, 0.2) is 18.0 Å². The van der Waals surface area contributed by atoms with E-state index in [2.05, 4.69) is 40.2 Å². The highest BCUT2D eigenvalue weighted by Gasteiger charge is 2.38. The van der Waals surface area contributed by atoms with E-state index in [-0.39, 0.29) is 5.91 Å². The lowest BCUT2D eigenvalue weighted by atomic mass is 9.89. The molecule has 2 aliphatic rings. The van der Waals surface area contributed by atoms with Crippen molar-refractivity contribution in [3.63, 3.8) is 0 Å². The highest BCUT2D eigenvalue weighted by atomic mass is 16.5. The van der Waals surface area contributed by atoms with Crippen LogP contribution in [-0.4, -0.2) is 51.1 Å². The Kier molecular flexibility index (Phi) is 6.38. The monoisotopic (exact) mass is 477 g/mol. The minimum absolute atomic E-state index is 0.0868. The third kappa shape index (κ3) is 4.23. The predicted molar refractivity (Wildman–Crippen MR) is 135 cm³/mol. The van der Waals surface area contributed by atoms with E-state index in [0.717, 1.165) is 37.9 Å². The molecule has 5 rings (SSSR count). The number of fused-ring (bicyclic) bond motifs is 3. The number of hydrazone groups is 1. The average Bonchev–Trinajstić information content (AvgIpc) is 3.19. The van der Waals surface area contributed by atoms with E-state index in [1.54, 1.807) is 39.7 Å². The molecule has 0 radical (unpaired) electrons. The summed E-state index contributed by atoms with van der Waals surface area (Å²) >= 11 is 0. The Morgan fingerprint density at radius 3 is 2.66 bits per heavy atom. The standard InChI is InChI=1S/C27H32N4O4/c1-17-8-9-21-20(12-17)19-6-5-7-22-26(19)31(21)11-10-30(22)16-25(32)29-28-15-18-13-23(33-2)27(35-4)24(14-18)34-3/h8-9,12-15,22H,5-7,10-11,16H2,1-4H3,(H,29,32)/p+1/t22-/m0/s1. The quantitative estimate of drug-likeness (QED) is 0.405. The molecule has 1 aliphatic heterocycles. The minimum atomic E-state index is -0.0868. The van der Waals surface area contributed by atoms with Crippen molar-refractivity contribution in [1.82, 2.24) is 9.99 Å². The van der Waals surface area contributed by atoms with Gasteiger partial charge in [0.05, 0.1) is 46.3 Å². The molecule has 35 heavy (non-hydrogen) atoms. The first-order valence-electron chi connectivity index (χ1n) is 12.1. The lowest BCUT2D eigenvalue weighted by Crippen LogP contribution is -3.14. The summed E-state index contributed by atoms with van der Waals surface area (Å²) in [6.45, 7) is 4.42. The fraction of sp³-hybridized carbons (Fsp3) is 0.407. The minimum Gasteiger partial charge on any atom is -0.493 e. The van der Waals surface area contributed by atoms with Crippen LogP contribution in [0.3, 0.4) is 0 Å². The lowest BCUT2D eigenvalue weighted by molar-refractivity contribution is -0.929. The molecule has 1 aromatic heterocycles. The molecule has 8 nitrogen and oxygen atoms in total. The van der Waals surface area contributed by atoms with Crippen molar-refractivity contribution >= 4 is 23.0 Å². The Labute approximate surface area is 205 Å². The zero-order chi connectivity index (χ0) is 24.5. The van der Waals surface area contributed by atoms with Crippen molar-refractivity contribution < 1.29 is 23.9 Å². The Balaban J connectivity index is 1.30. The Morgan fingerprint density at radius 2 is 1.94 bits per heavy atom. The molecule has 0 saturated heterocycles. The van der Waals surface area contributed by atoms with Gasteiger partial charge in [-0.3, -0.25) is 4.79 Å². The summed E-state index contributed by atoms with van der Waals surface area (Å²) in [5.74, 6) is 1.51. The van der Waals surface area contributed by atoms with Crippen molar-refractivity contribution in [3.05, 3.63) is 52.7 Å². The van der Waals surface area contributed by atoms with Gasteiger partial charge < -0.3 is 23.7 Å². The van der Waals surface area contributed by atoms with Crippen LogP contribution >= 0.6 is 0 Å². The first-order chi connectivity index (χ1) is 17.0. The van der Waals surface area contributed by atoms with Crippen LogP contribution < -0.4 is 24.5 Å². The molecule has 0 spiro atoms. The molecule has 0 fully saturated rings. The van der Waals surface area contributed by atoms with Gasteiger partial charge in [-0.15, -0.1) is 0 Å². The molecule has 1 aliphatic carbocycles. The van der Waals surface area contributed by atoms with Crippen LogP contribution in [-0.2, 0) is 17.8 Å². The molecule has 0 bridgehead atoms. The van der Waals surface area contributed by atoms with Gasteiger partial charge in [0.25, 0.3) is 5.91 Å². The van der Waals surface area contributed by atoms with Crippen LogP contribution in [0.15, 0.2) is 35.4 Å². The van der Waals surface area contributed by atoms with E-state index in [9.17, 15) is 4.79 Å². The fourth-order valence-corrected chi connectivity index (χ4v) is 5.72. The summed E-state index contributed by atoms with van der Waals surface area (Å²) in [4.78, 5) is 14.1. The second-order valence-corrected chi connectivity index (χ2v) is 9.32. The first-order valence-corrected chi connectivity index (χ1v) is 12.1. The number of rotatable bonds is 7. The predicted octanol–water partition coefficient (Wildman–Crippen LogP) is 2.40. The molecule has 2 heterocycles. The lowest BCUT2D eigenvalue weighted by Gasteiger charge is -2.36. The van der Waals surface area contributed by atoms with Gasteiger partial charge in [-0.2, -0.15) is 5.10 Å². The van der Waals surface area contributed by atoms with E-state index < -0.39 is 0 Å². The smallest absolute Gasteiger partial charge is 0.295 e. The maximum absolute atomic E-state index is 12.8. The molecule has 2 atom stereocenters. The number of carbonyl (C=O) groups excluding carboxylic acids is 1. The molecule has 2 aromatic carbocycles. The summed E-state index contributed by atoms with van der Waals surface area (Å²) in [6.07, 6.45) is 4.99. The van der Waals surface area contributed by atoms with E-state index >= 15 is 0 Å². The maximum atomic E-state index is 12.8. The van der Waals surface area contributed by atoms with Crippen LogP contribution in [0.5, 0.6) is 17.2 Å². The van der Waals surface area contributed by atoms with Gasteiger partial charge in [-0.1, -0.05) is 11.6 Å². The van der Waals surface area contributed by atoms with Crippen molar-refractivity contribution in [2.45, 2.75) is 38.8 Å². The van der Waals surface area contributed by atoms with E-state index in [1.807, 2.05) is 0 Å². The number of ether oxygens (including phenoxy) is 3. The number of hydrogen-bond acceptors (Lipinski definition) is 5. The molecule has 8 heteroatoms. The second-order valence-electron chi connectivity index (χ2n) is 9.32. The normalized spacial score (nSPS) is 19.0. The zero-order valence-corrected chi connectivity index (χ0v) is 20.8. The van der Waals surface area contributed by atoms with Crippen molar-refractivity contribution in [3.8, 4) is 17.2 Å². The number of amides is 1. The number of nitrogens with zero attached hydrogens (tertiary/aromatic N) is 2. The van der Waals surface area contributed by atoms with E-state index in [0.29, 0.717) is 29.8 Å². The van der Waals surface area contributed by atoms with Crippen LogP contribution in [0.25, 0.3) is 10.9 Å². The van der Waals surface area contributed by atoms with Crippen LogP contribution in [0.2, 0.25) is 0 Å².